The van der Waals surface area contributed by atoms with Crippen LogP contribution in [0, 0.1) is 11.6 Å². The number of piperidine rings is 1. The second kappa shape index (κ2) is 4.87. The third kappa shape index (κ3) is 2.34. The normalized spacial score (nSPS) is 20.6. The van der Waals surface area contributed by atoms with Gasteiger partial charge in [-0.15, -0.1) is 0 Å². The first-order chi connectivity index (χ1) is 8.13. The van der Waals surface area contributed by atoms with Crippen LogP contribution in [-0.2, 0) is 0 Å². The van der Waals surface area contributed by atoms with E-state index in [1.54, 1.807) is 4.90 Å². The molecule has 0 aliphatic carbocycles. The fourth-order valence-electron chi connectivity index (χ4n) is 2.34. The van der Waals surface area contributed by atoms with Crippen LogP contribution in [0.2, 0.25) is 0 Å². The first kappa shape index (κ1) is 12.1. The maximum atomic E-state index is 13.8. The van der Waals surface area contributed by atoms with Crippen LogP contribution in [0.4, 0.5) is 20.2 Å². The first-order valence-electron chi connectivity index (χ1n) is 5.75. The van der Waals surface area contributed by atoms with E-state index in [0.29, 0.717) is 6.54 Å². The van der Waals surface area contributed by atoms with E-state index in [-0.39, 0.29) is 24.0 Å². The second-order valence-corrected chi connectivity index (χ2v) is 4.36. The smallest absolute Gasteiger partial charge is 0.151 e. The van der Waals surface area contributed by atoms with Gasteiger partial charge in [0.1, 0.15) is 5.69 Å². The zero-order valence-electron chi connectivity index (χ0n) is 9.50. The van der Waals surface area contributed by atoms with Gasteiger partial charge in [-0.3, -0.25) is 0 Å². The lowest BCUT2D eigenvalue weighted by Crippen LogP contribution is -2.42. The number of aliphatic hydroxyl groups is 1. The molecule has 0 radical (unpaired) electrons. The summed E-state index contributed by atoms with van der Waals surface area (Å²) < 4.78 is 27.5. The average Bonchev–Trinajstić information content (AvgIpc) is 2.28. The molecule has 3 N–H and O–H groups in total. The molecule has 2 rings (SSSR count). The molecule has 1 aliphatic rings. The summed E-state index contributed by atoms with van der Waals surface area (Å²) >= 11 is 0. The van der Waals surface area contributed by atoms with Crippen LogP contribution in [0.25, 0.3) is 0 Å². The first-order valence-corrected chi connectivity index (χ1v) is 5.75. The lowest BCUT2D eigenvalue weighted by Gasteiger charge is -2.36. The molecular weight excluding hydrogens is 226 g/mol. The van der Waals surface area contributed by atoms with Gasteiger partial charge in [0.05, 0.1) is 12.6 Å². The summed E-state index contributed by atoms with van der Waals surface area (Å²) in [6.07, 6.45) is 2.60. The summed E-state index contributed by atoms with van der Waals surface area (Å²) in [4.78, 5) is 1.60. The molecule has 1 aromatic carbocycles. The molecule has 0 saturated carbocycles. The lowest BCUT2D eigenvalue weighted by atomic mass is 10.0. The van der Waals surface area contributed by atoms with E-state index in [1.807, 2.05) is 0 Å². The van der Waals surface area contributed by atoms with E-state index < -0.39 is 11.6 Å². The van der Waals surface area contributed by atoms with Gasteiger partial charge in [-0.25, -0.2) is 8.78 Å². The molecule has 1 aliphatic heterocycles. The number of rotatable bonds is 2. The van der Waals surface area contributed by atoms with Crippen LogP contribution in [0.1, 0.15) is 19.3 Å². The molecule has 0 bridgehead atoms. The standard InChI is InChI=1S/C12H16F2N2O/c13-10-5-8(15)6-11(14)12(10)16-4-2-1-3-9(16)7-17/h5-6,9,17H,1-4,7,15H2. The van der Waals surface area contributed by atoms with E-state index >= 15 is 0 Å². The molecule has 0 amide bonds. The van der Waals surface area contributed by atoms with Crippen LogP contribution in [0.3, 0.4) is 0 Å². The van der Waals surface area contributed by atoms with Crippen molar-refractivity contribution in [2.75, 3.05) is 23.8 Å². The summed E-state index contributed by atoms with van der Waals surface area (Å²) in [6.45, 7) is 0.465. The van der Waals surface area contributed by atoms with Crippen molar-refractivity contribution in [3.8, 4) is 0 Å². The molecule has 17 heavy (non-hydrogen) atoms. The Hall–Kier alpha value is -1.36. The van der Waals surface area contributed by atoms with Crippen LogP contribution < -0.4 is 10.6 Å². The predicted molar refractivity (Wildman–Crippen MR) is 62.8 cm³/mol. The van der Waals surface area contributed by atoms with Crippen molar-refractivity contribution < 1.29 is 13.9 Å². The minimum absolute atomic E-state index is 0.0707. The highest BCUT2D eigenvalue weighted by atomic mass is 19.1. The number of benzene rings is 1. The van der Waals surface area contributed by atoms with Crippen LogP contribution in [0.15, 0.2) is 12.1 Å². The number of aliphatic hydroxyl groups excluding tert-OH is 1. The second-order valence-electron chi connectivity index (χ2n) is 4.36. The molecule has 3 nitrogen and oxygen atoms in total. The molecule has 1 heterocycles. The van der Waals surface area contributed by atoms with Gasteiger partial charge < -0.3 is 15.7 Å². The monoisotopic (exact) mass is 242 g/mol. The van der Waals surface area contributed by atoms with E-state index in [1.165, 1.54) is 0 Å². The molecule has 0 aromatic heterocycles. The summed E-state index contributed by atoms with van der Waals surface area (Å²) in [7, 11) is 0. The van der Waals surface area contributed by atoms with E-state index in [9.17, 15) is 13.9 Å². The van der Waals surface area contributed by atoms with Gasteiger partial charge in [-0.1, -0.05) is 0 Å². The number of anilines is 2. The van der Waals surface area contributed by atoms with E-state index in [4.69, 9.17) is 5.73 Å². The number of hydrogen-bond acceptors (Lipinski definition) is 3. The van der Waals surface area contributed by atoms with E-state index in [0.717, 1.165) is 31.4 Å². The maximum absolute atomic E-state index is 13.8. The molecule has 1 unspecified atom stereocenters. The quantitative estimate of drug-likeness (QED) is 0.779. The zero-order chi connectivity index (χ0) is 12.4. The molecule has 1 aromatic rings. The van der Waals surface area contributed by atoms with Crippen LogP contribution in [0.5, 0.6) is 0 Å². The molecule has 1 saturated heterocycles. The number of nitrogens with two attached hydrogens (primary N) is 1. The highest BCUT2D eigenvalue weighted by Crippen LogP contribution is 2.31. The molecule has 1 fully saturated rings. The van der Waals surface area contributed by atoms with Gasteiger partial charge in [0.15, 0.2) is 11.6 Å². The Labute approximate surface area is 98.8 Å². The zero-order valence-corrected chi connectivity index (χ0v) is 9.50. The Morgan fingerprint density at radius 2 is 1.94 bits per heavy atom. The highest BCUT2D eigenvalue weighted by Gasteiger charge is 2.26. The lowest BCUT2D eigenvalue weighted by molar-refractivity contribution is 0.238. The van der Waals surface area contributed by atoms with Gasteiger partial charge >= 0.3 is 0 Å². The van der Waals surface area contributed by atoms with Crippen molar-refractivity contribution in [1.82, 2.24) is 0 Å². The Morgan fingerprint density at radius 3 is 2.53 bits per heavy atom. The molecule has 94 valence electrons. The molecular formula is C12H16F2N2O. The Kier molecular flexibility index (Phi) is 3.47. The fourth-order valence-corrected chi connectivity index (χ4v) is 2.34. The minimum atomic E-state index is -0.664. The van der Waals surface area contributed by atoms with Crippen molar-refractivity contribution in [2.24, 2.45) is 0 Å². The SMILES string of the molecule is Nc1cc(F)c(N2CCCCC2CO)c(F)c1. The predicted octanol–water partition coefficient (Wildman–Crippen LogP) is 1.90. The Morgan fingerprint density at radius 1 is 1.29 bits per heavy atom. The largest absolute Gasteiger partial charge is 0.399 e. The fraction of sp³-hybridized carbons (Fsp3) is 0.500. The van der Waals surface area contributed by atoms with Gasteiger partial charge in [-0.2, -0.15) is 0 Å². The summed E-state index contributed by atoms with van der Waals surface area (Å²) in [5, 5.41) is 9.25. The van der Waals surface area contributed by atoms with Crippen molar-refractivity contribution in [3.05, 3.63) is 23.8 Å². The number of hydrogen-bond donors (Lipinski definition) is 2. The average molecular weight is 242 g/mol. The highest BCUT2D eigenvalue weighted by molar-refractivity contribution is 5.56. The topological polar surface area (TPSA) is 49.5 Å². The summed E-state index contributed by atoms with van der Waals surface area (Å²) in [5.41, 5.74) is 5.38. The van der Waals surface area contributed by atoms with Gasteiger partial charge in [0.2, 0.25) is 0 Å². The van der Waals surface area contributed by atoms with Crippen LogP contribution >= 0.6 is 0 Å². The Balaban J connectivity index is 2.38. The minimum Gasteiger partial charge on any atom is -0.399 e. The summed E-state index contributed by atoms with van der Waals surface area (Å²) in [5.74, 6) is -1.33. The summed E-state index contributed by atoms with van der Waals surface area (Å²) in [6, 6.07) is 2.01. The van der Waals surface area contributed by atoms with Gasteiger partial charge in [0, 0.05) is 12.2 Å². The van der Waals surface area contributed by atoms with Crippen molar-refractivity contribution in [3.63, 3.8) is 0 Å². The molecule has 0 spiro atoms. The maximum Gasteiger partial charge on any atom is 0.151 e. The van der Waals surface area contributed by atoms with Gasteiger partial charge in [0.25, 0.3) is 0 Å². The van der Waals surface area contributed by atoms with Gasteiger partial charge in [-0.05, 0) is 31.4 Å². The Bertz CT molecular complexity index is 388. The van der Waals surface area contributed by atoms with Crippen LogP contribution in [-0.4, -0.2) is 24.3 Å². The molecule has 5 heteroatoms. The van der Waals surface area contributed by atoms with Crippen molar-refractivity contribution in [2.45, 2.75) is 25.3 Å². The molecule has 1 atom stereocenters. The number of nitrogen functional groups attached to an aromatic ring is 1. The number of halogens is 2. The third-order valence-corrected chi connectivity index (χ3v) is 3.16. The van der Waals surface area contributed by atoms with Crippen molar-refractivity contribution in [1.29, 1.82) is 0 Å². The van der Waals surface area contributed by atoms with Crippen molar-refractivity contribution >= 4 is 11.4 Å². The van der Waals surface area contributed by atoms with E-state index in [2.05, 4.69) is 0 Å². The number of nitrogens with zero attached hydrogens (tertiary/aromatic N) is 1. The third-order valence-electron chi connectivity index (χ3n) is 3.16.